The predicted octanol–water partition coefficient (Wildman–Crippen LogP) is 0.307. The Bertz CT molecular complexity index is 616. The molecule has 25 heavy (non-hydrogen) atoms. The third-order valence-corrected chi connectivity index (χ3v) is 4.80. The van der Waals surface area contributed by atoms with Gasteiger partial charge in [-0.15, -0.1) is 0 Å². The average Bonchev–Trinajstić information content (AvgIpc) is 3.00. The van der Waals surface area contributed by atoms with Gasteiger partial charge in [-0.05, 0) is 24.1 Å². The first-order chi connectivity index (χ1) is 12.2. The molecule has 0 radical (unpaired) electrons. The van der Waals surface area contributed by atoms with E-state index in [0.29, 0.717) is 25.2 Å². The molecule has 0 saturated carbocycles. The van der Waals surface area contributed by atoms with Crippen molar-refractivity contribution in [1.29, 1.82) is 0 Å². The molecule has 2 saturated heterocycles. The van der Waals surface area contributed by atoms with Gasteiger partial charge in [-0.3, -0.25) is 19.5 Å². The topological polar surface area (TPSA) is 74.8 Å². The van der Waals surface area contributed by atoms with Crippen LogP contribution in [0.1, 0.15) is 29.4 Å². The van der Waals surface area contributed by atoms with Crippen molar-refractivity contribution in [3.05, 3.63) is 29.6 Å². The van der Waals surface area contributed by atoms with Crippen LogP contribution in [0, 0.1) is 0 Å². The van der Waals surface area contributed by atoms with Gasteiger partial charge < -0.3 is 15.0 Å². The van der Waals surface area contributed by atoms with Gasteiger partial charge in [0.15, 0.2) is 0 Å². The van der Waals surface area contributed by atoms with E-state index < -0.39 is 0 Å². The van der Waals surface area contributed by atoms with Gasteiger partial charge in [0.2, 0.25) is 5.91 Å². The Hall–Kier alpha value is -1.99. The van der Waals surface area contributed by atoms with Crippen molar-refractivity contribution < 1.29 is 14.3 Å². The first-order valence-electron chi connectivity index (χ1n) is 8.99. The maximum Gasteiger partial charge on any atom is 0.270 e. The van der Waals surface area contributed by atoms with Crippen LogP contribution in [0.15, 0.2) is 18.3 Å². The van der Waals surface area contributed by atoms with Crippen molar-refractivity contribution in [1.82, 2.24) is 20.1 Å². The number of likely N-dealkylation sites (tertiary alicyclic amines) is 1. The van der Waals surface area contributed by atoms with Gasteiger partial charge >= 0.3 is 0 Å². The number of nitrogens with one attached hydrogen (secondary N) is 1. The summed E-state index contributed by atoms with van der Waals surface area (Å²) in [6.07, 6.45) is 2.88. The number of rotatable bonds is 6. The number of nitrogens with zero attached hydrogens (tertiary/aromatic N) is 3. The fourth-order valence-electron chi connectivity index (χ4n) is 3.25. The van der Waals surface area contributed by atoms with Gasteiger partial charge in [0.05, 0.1) is 19.3 Å². The zero-order valence-electron chi connectivity index (χ0n) is 14.7. The highest BCUT2D eigenvalue weighted by Crippen LogP contribution is 2.12. The number of aryl methyl sites for hydroxylation is 1. The number of hydrogen-bond donors (Lipinski definition) is 1. The van der Waals surface area contributed by atoms with E-state index in [1.165, 1.54) is 0 Å². The number of hydrogen-bond acceptors (Lipinski definition) is 5. The highest BCUT2D eigenvalue weighted by Gasteiger charge is 2.31. The lowest BCUT2D eigenvalue weighted by molar-refractivity contribution is -0.128. The minimum atomic E-state index is -0.205. The molecule has 1 aromatic heterocycles. The fraction of sp³-hybridized carbons (Fsp3) is 0.611. The Kier molecular flexibility index (Phi) is 5.99. The molecule has 136 valence electrons. The van der Waals surface area contributed by atoms with Crippen LogP contribution in [0.4, 0.5) is 0 Å². The second-order valence-electron chi connectivity index (χ2n) is 6.57. The molecular formula is C18H26N4O3. The molecule has 0 aliphatic carbocycles. The van der Waals surface area contributed by atoms with Crippen LogP contribution in [-0.4, -0.2) is 78.6 Å². The monoisotopic (exact) mass is 346 g/mol. The summed E-state index contributed by atoms with van der Waals surface area (Å²) in [6.45, 7) is 7.53. The smallest absolute Gasteiger partial charge is 0.270 e. The minimum Gasteiger partial charge on any atom is -0.379 e. The van der Waals surface area contributed by atoms with Crippen LogP contribution in [0.2, 0.25) is 0 Å². The number of amides is 2. The van der Waals surface area contributed by atoms with E-state index >= 15 is 0 Å². The van der Waals surface area contributed by atoms with E-state index in [2.05, 4.69) is 15.2 Å². The van der Waals surface area contributed by atoms with E-state index in [9.17, 15) is 9.59 Å². The molecule has 2 aliphatic heterocycles. The highest BCUT2D eigenvalue weighted by atomic mass is 16.5. The summed E-state index contributed by atoms with van der Waals surface area (Å²) >= 11 is 0. The summed E-state index contributed by atoms with van der Waals surface area (Å²) in [5, 5.41) is 2.95. The third kappa shape index (κ3) is 4.76. The molecule has 3 heterocycles. The fourth-order valence-corrected chi connectivity index (χ4v) is 3.25. The van der Waals surface area contributed by atoms with Gasteiger partial charge in [-0.1, -0.05) is 6.92 Å². The Morgan fingerprint density at radius 2 is 2.16 bits per heavy atom. The summed E-state index contributed by atoms with van der Waals surface area (Å²) < 4.78 is 5.34. The lowest BCUT2D eigenvalue weighted by Gasteiger charge is -2.28. The SMILES string of the molecule is CCc1ccnc(C(=O)NC2CC(=O)N(CCN3CCOCC3)C2)c1. The highest BCUT2D eigenvalue weighted by molar-refractivity contribution is 5.93. The predicted molar refractivity (Wildman–Crippen MR) is 93.3 cm³/mol. The molecule has 1 aromatic rings. The zero-order chi connectivity index (χ0) is 17.6. The lowest BCUT2D eigenvalue weighted by atomic mass is 10.1. The zero-order valence-corrected chi connectivity index (χ0v) is 14.7. The van der Waals surface area contributed by atoms with E-state index in [1.54, 1.807) is 6.20 Å². The van der Waals surface area contributed by atoms with Crippen LogP contribution in [0.5, 0.6) is 0 Å². The standard InChI is InChI=1S/C18H26N4O3/c1-2-14-3-4-19-16(11-14)18(24)20-15-12-17(23)22(13-15)6-5-21-7-9-25-10-8-21/h3-4,11,15H,2,5-10,12-13H2,1H3,(H,20,24). The number of aromatic nitrogens is 1. The molecular weight excluding hydrogens is 320 g/mol. The maximum absolute atomic E-state index is 12.4. The third-order valence-electron chi connectivity index (χ3n) is 4.80. The van der Waals surface area contributed by atoms with E-state index in [0.717, 1.165) is 44.8 Å². The summed E-state index contributed by atoms with van der Waals surface area (Å²) in [6, 6.07) is 3.57. The van der Waals surface area contributed by atoms with E-state index in [1.807, 2.05) is 24.0 Å². The summed E-state index contributed by atoms with van der Waals surface area (Å²) in [5.41, 5.74) is 1.49. The quantitative estimate of drug-likeness (QED) is 0.802. The Labute approximate surface area is 148 Å². The number of ether oxygens (including phenoxy) is 1. The van der Waals surface area contributed by atoms with Gasteiger partial charge in [0, 0.05) is 45.3 Å². The van der Waals surface area contributed by atoms with Crippen molar-refractivity contribution in [3.8, 4) is 0 Å². The second-order valence-corrected chi connectivity index (χ2v) is 6.57. The molecule has 7 heteroatoms. The largest absolute Gasteiger partial charge is 0.379 e. The van der Waals surface area contributed by atoms with Crippen molar-refractivity contribution in [2.24, 2.45) is 0 Å². The normalized spacial score (nSPS) is 21.6. The van der Waals surface area contributed by atoms with Crippen LogP contribution in [0.3, 0.4) is 0 Å². The van der Waals surface area contributed by atoms with Crippen molar-refractivity contribution in [2.75, 3.05) is 45.9 Å². The van der Waals surface area contributed by atoms with Crippen LogP contribution in [-0.2, 0) is 16.0 Å². The first-order valence-corrected chi connectivity index (χ1v) is 8.99. The molecule has 0 aromatic carbocycles. The van der Waals surface area contributed by atoms with Gasteiger partial charge in [-0.2, -0.15) is 0 Å². The first kappa shape index (κ1) is 17.8. The maximum atomic E-state index is 12.4. The Morgan fingerprint density at radius 1 is 1.36 bits per heavy atom. The number of carbonyl (C=O) groups is 2. The molecule has 2 amide bonds. The lowest BCUT2D eigenvalue weighted by Crippen LogP contribution is -2.43. The molecule has 2 fully saturated rings. The summed E-state index contributed by atoms with van der Waals surface area (Å²) in [4.78, 5) is 32.8. The summed E-state index contributed by atoms with van der Waals surface area (Å²) in [7, 11) is 0. The van der Waals surface area contributed by atoms with Crippen LogP contribution in [0.25, 0.3) is 0 Å². The van der Waals surface area contributed by atoms with Gasteiger partial charge in [0.1, 0.15) is 5.69 Å². The van der Waals surface area contributed by atoms with E-state index in [-0.39, 0.29) is 17.9 Å². The molecule has 1 atom stereocenters. The van der Waals surface area contributed by atoms with Crippen LogP contribution >= 0.6 is 0 Å². The minimum absolute atomic E-state index is 0.105. The van der Waals surface area contributed by atoms with Crippen molar-refractivity contribution in [2.45, 2.75) is 25.8 Å². The number of morpholine rings is 1. The van der Waals surface area contributed by atoms with E-state index in [4.69, 9.17) is 4.74 Å². The number of pyridine rings is 1. The van der Waals surface area contributed by atoms with Gasteiger partial charge in [0.25, 0.3) is 5.91 Å². The summed E-state index contributed by atoms with van der Waals surface area (Å²) in [5.74, 6) is -0.100. The number of carbonyl (C=O) groups excluding carboxylic acids is 2. The van der Waals surface area contributed by atoms with Gasteiger partial charge in [-0.25, -0.2) is 0 Å². The van der Waals surface area contributed by atoms with Crippen LogP contribution < -0.4 is 5.32 Å². The van der Waals surface area contributed by atoms with Crippen molar-refractivity contribution in [3.63, 3.8) is 0 Å². The Morgan fingerprint density at radius 3 is 2.92 bits per heavy atom. The average molecular weight is 346 g/mol. The molecule has 7 nitrogen and oxygen atoms in total. The Balaban J connectivity index is 1.49. The molecule has 0 bridgehead atoms. The molecule has 1 unspecified atom stereocenters. The molecule has 3 rings (SSSR count). The molecule has 2 aliphatic rings. The molecule has 1 N–H and O–H groups in total. The molecule has 0 spiro atoms. The second kappa shape index (κ2) is 8.40. The van der Waals surface area contributed by atoms with Crippen molar-refractivity contribution >= 4 is 11.8 Å².